The molecule has 0 aromatic rings. The zero-order chi connectivity index (χ0) is 28.6. The van der Waals surface area contributed by atoms with Crippen LogP contribution in [0, 0.1) is 22.7 Å². The molecule has 4 rings (SSSR count). The topological polar surface area (TPSA) is 79.3 Å². The van der Waals surface area contributed by atoms with E-state index < -0.39 is 11.2 Å². The minimum atomic E-state index is -0.488. The number of aliphatic hydroxyl groups is 2. The Morgan fingerprint density at radius 2 is 1.74 bits per heavy atom. The first-order chi connectivity index (χ1) is 18.2. The summed E-state index contributed by atoms with van der Waals surface area (Å²) < 4.78 is 11.6. The number of ether oxygens (including phenoxy) is 2. The van der Waals surface area contributed by atoms with Crippen LogP contribution in [0.3, 0.4) is 0 Å². The molecule has 4 aliphatic rings. The Bertz CT molecular complexity index is 1300. The summed E-state index contributed by atoms with van der Waals surface area (Å²) in [6, 6.07) is 0. The van der Waals surface area contributed by atoms with Crippen molar-refractivity contribution >= 4 is 5.97 Å². The summed E-state index contributed by atoms with van der Waals surface area (Å²) in [6.45, 7) is 14.5. The highest BCUT2D eigenvalue weighted by Crippen LogP contribution is 2.66. The number of carbonyl (C=O) groups is 1. The molecule has 2 aliphatic carbocycles. The summed E-state index contributed by atoms with van der Waals surface area (Å²) in [7, 11) is 0. The number of hydrogen-bond donors (Lipinski definition) is 2. The van der Waals surface area contributed by atoms with E-state index in [0.717, 1.165) is 17.6 Å². The van der Waals surface area contributed by atoms with Gasteiger partial charge in [0, 0.05) is 22.8 Å². The number of carbonyl (C=O) groups excluding carboxylic acids is 1. The number of epoxide rings is 1. The van der Waals surface area contributed by atoms with Crippen LogP contribution in [0.15, 0.2) is 82.7 Å². The summed E-state index contributed by atoms with van der Waals surface area (Å²) >= 11 is 0. The molecule has 1 saturated heterocycles. The molecule has 5 nitrogen and oxygen atoms in total. The largest absolute Gasteiger partial charge is 0.423 e. The summed E-state index contributed by atoms with van der Waals surface area (Å²) in [4.78, 5) is 12.4. The third-order valence-corrected chi connectivity index (χ3v) is 8.46. The molecule has 5 heteroatoms. The van der Waals surface area contributed by atoms with Crippen molar-refractivity contribution in [2.45, 2.75) is 97.6 Å². The van der Waals surface area contributed by atoms with Crippen molar-refractivity contribution in [1.82, 2.24) is 0 Å². The number of fused-ring (bicyclic) bond motifs is 1. The Kier molecular flexibility index (Phi) is 7.89. The van der Waals surface area contributed by atoms with Crippen molar-refractivity contribution in [2.24, 2.45) is 10.8 Å². The average Bonchev–Trinajstić information content (AvgIpc) is 3.26. The van der Waals surface area contributed by atoms with Gasteiger partial charge in [0.2, 0.25) is 0 Å². The maximum atomic E-state index is 12.4. The molecule has 2 aliphatic heterocycles. The Morgan fingerprint density at radius 3 is 2.44 bits per heavy atom. The molecule has 0 spiro atoms. The molecule has 2 heterocycles. The molecule has 4 unspecified atom stereocenters. The Balaban J connectivity index is 1.36. The highest BCUT2D eigenvalue weighted by atomic mass is 16.6. The lowest BCUT2D eigenvalue weighted by Crippen LogP contribution is -2.46. The van der Waals surface area contributed by atoms with Crippen molar-refractivity contribution < 1.29 is 24.5 Å². The van der Waals surface area contributed by atoms with Crippen molar-refractivity contribution in [2.75, 3.05) is 0 Å². The van der Waals surface area contributed by atoms with Crippen molar-refractivity contribution in [1.29, 1.82) is 0 Å². The Labute approximate surface area is 233 Å². The predicted octanol–water partition coefficient (Wildman–Crippen LogP) is 6.18. The van der Waals surface area contributed by atoms with E-state index in [1.54, 1.807) is 18.2 Å². The van der Waals surface area contributed by atoms with Crippen LogP contribution in [0.25, 0.3) is 0 Å². The first-order valence-electron chi connectivity index (χ1n) is 13.8. The molecule has 0 aromatic carbocycles. The lowest BCUT2D eigenvalue weighted by atomic mass is 9.63. The SMILES string of the molecule is CC(C#CC1=C(C)CC(O)CC1(C)C)=CC=CC=CC=C1C=C(C=CC23OC2(C)CC(O)CC3(C)C)C(=O)O1. The van der Waals surface area contributed by atoms with E-state index >= 15 is 0 Å². The lowest BCUT2D eigenvalue weighted by molar-refractivity contribution is -0.132. The molecule has 39 heavy (non-hydrogen) atoms. The minimum Gasteiger partial charge on any atom is -0.423 e. The van der Waals surface area contributed by atoms with Crippen LogP contribution in [-0.2, 0) is 14.3 Å². The molecular formula is C34H42O5. The highest BCUT2D eigenvalue weighted by molar-refractivity contribution is 5.95. The molecule has 0 amide bonds. The van der Waals surface area contributed by atoms with Crippen LogP contribution in [0.1, 0.15) is 74.1 Å². The van der Waals surface area contributed by atoms with Gasteiger partial charge in [-0.3, -0.25) is 0 Å². The Hall–Kier alpha value is -2.91. The zero-order valence-corrected chi connectivity index (χ0v) is 24.3. The number of allylic oxidation sites excluding steroid dienone is 9. The normalized spacial score (nSPS) is 34.9. The summed E-state index contributed by atoms with van der Waals surface area (Å²) in [5, 5.41) is 20.3. The molecule has 208 valence electrons. The molecule has 0 bridgehead atoms. The maximum absolute atomic E-state index is 12.4. The standard InChI is InChI=1S/C34H42O5/c1-23(14-15-29-24(2)18-26(35)20-31(29,3)4)12-10-8-9-11-13-28-19-25(30(37)38-28)16-17-34-32(5,6)21-27(36)22-33(34,7)39-34/h8-13,16-17,19,26-27,35-36H,18,20-22H2,1-7H3. The fourth-order valence-electron chi connectivity index (χ4n) is 6.64. The third-order valence-electron chi connectivity index (χ3n) is 8.46. The van der Waals surface area contributed by atoms with Crippen LogP contribution in [0.4, 0.5) is 0 Å². The fraction of sp³-hybridized carbons (Fsp3) is 0.500. The van der Waals surface area contributed by atoms with E-state index in [1.165, 1.54) is 5.57 Å². The number of hydrogen-bond acceptors (Lipinski definition) is 5. The second kappa shape index (κ2) is 10.6. The summed E-state index contributed by atoms with van der Waals surface area (Å²) in [6.07, 6.45) is 18.7. The van der Waals surface area contributed by atoms with Gasteiger partial charge in [-0.15, -0.1) is 0 Å². The van der Waals surface area contributed by atoms with Gasteiger partial charge in [-0.1, -0.05) is 75.5 Å². The van der Waals surface area contributed by atoms with E-state index in [9.17, 15) is 15.0 Å². The first-order valence-corrected chi connectivity index (χ1v) is 13.8. The van der Waals surface area contributed by atoms with Crippen LogP contribution in [0.5, 0.6) is 0 Å². The van der Waals surface area contributed by atoms with Gasteiger partial charge >= 0.3 is 5.97 Å². The molecule has 0 radical (unpaired) electrons. The van der Waals surface area contributed by atoms with E-state index in [2.05, 4.69) is 46.5 Å². The van der Waals surface area contributed by atoms with E-state index in [1.807, 2.05) is 50.3 Å². The van der Waals surface area contributed by atoms with Crippen molar-refractivity contribution in [3.63, 3.8) is 0 Å². The van der Waals surface area contributed by atoms with Crippen LogP contribution in [0.2, 0.25) is 0 Å². The number of esters is 1. The number of rotatable bonds is 5. The Morgan fingerprint density at radius 1 is 1.03 bits per heavy atom. The van der Waals surface area contributed by atoms with Gasteiger partial charge in [0.15, 0.2) is 0 Å². The van der Waals surface area contributed by atoms with Gasteiger partial charge in [-0.25, -0.2) is 4.79 Å². The van der Waals surface area contributed by atoms with Crippen LogP contribution >= 0.6 is 0 Å². The third kappa shape index (κ3) is 5.99. The number of aliphatic hydroxyl groups excluding tert-OH is 2. The van der Waals surface area contributed by atoms with Crippen LogP contribution < -0.4 is 0 Å². The smallest absolute Gasteiger partial charge is 0.343 e. The molecule has 2 fully saturated rings. The maximum Gasteiger partial charge on any atom is 0.343 e. The second-order valence-corrected chi connectivity index (χ2v) is 12.9. The molecule has 4 atom stereocenters. The quantitative estimate of drug-likeness (QED) is 0.192. The monoisotopic (exact) mass is 530 g/mol. The molecule has 1 saturated carbocycles. The summed E-state index contributed by atoms with van der Waals surface area (Å²) in [5.41, 5.74) is 2.48. The predicted molar refractivity (Wildman–Crippen MR) is 154 cm³/mol. The van der Waals surface area contributed by atoms with Gasteiger partial charge < -0.3 is 19.7 Å². The van der Waals surface area contributed by atoms with Gasteiger partial charge in [0.25, 0.3) is 0 Å². The lowest BCUT2D eigenvalue weighted by Gasteiger charge is -2.39. The minimum absolute atomic E-state index is 0.114. The zero-order valence-electron chi connectivity index (χ0n) is 24.3. The van der Waals surface area contributed by atoms with E-state index in [4.69, 9.17) is 9.47 Å². The number of cyclic esters (lactones) is 1. The van der Waals surface area contributed by atoms with Crippen molar-refractivity contribution in [3.8, 4) is 11.8 Å². The van der Waals surface area contributed by atoms with Crippen LogP contribution in [-0.4, -0.2) is 39.6 Å². The van der Waals surface area contributed by atoms with E-state index in [0.29, 0.717) is 30.6 Å². The summed E-state index contributed by atoms with van der Waals surface area (Å²) in [5.74, 6) is 6.68. The highest BCUT2D eigenvalue weighted by Gasteiger charge is 2.74. The second-order valence-electron chi connectivity index (χ2n) is 12.9. The molecule has 2 N–H and O–H groups in total. The van der Waals surface area contributed by atoms with Crippen molar-refractivity contribution in [3.05, 3.63) is 82.7 Å². The molecular weight excluding hydrogens is 488 g/mol. The van der Waals surface area contributed by atoms with E-state index in [-0.39, 0.29) is 29.0 Å². The van der Waals surface area contributed by atoms with Gasteiger partial charge in [-0.05, 0) is 69.9 Å². The van der Waals surface area contributed by atoms with Gasteiger partial charge in [0.1, 0.15) is 17.0 Å². The average molecular weight is 531 g/mol. The van der Waals surface area contributed by atoms with Gasteiger partial charge in [-0.2, -0.15) is 0 Å². The molecule has 0 aromatic heterocycles. The fourth-order valence-corrected chi connectivity index (χ4v) is 6.64. The first kappa shape index (κ1) is 29.1. The van der Waals surface area contributed by atoms with Gasteiger partial charge in [0.05, 0.1) is 17.8 Å².